The van der Waals surface area contributed by atoms with E-state index in [0.717, 1.165) is 35.2 Å². The Balaban J connectivity index is 2.46. The minimum atomic E-state index is 0.454. The van der Waals surface area contributed by atoms with Crippen molar-refractivity contribution in [2.45, 2.75) is 40.2 Å². The molecule has 4 nitrogen and oxygen atoms in total. The molecule has 0 unspecified atom stereocenters. The predicted octanol–water partition coefficient (Wildman–Crippen LogP) is 4.36. The lowest BCUT2D eigenvalue weighted by Gasteiger charge is -2.11. The average Bonchev–Trinajstić information content (AvgIpc) is 2.83. The molecule has 0 atom stereocenters. The van der Waals surface area contributed by atoms with Gasteiger partial charge in [0.05, 0.1) is 10.2 Å². The minimum absolute atomic E-state index is 0.454. The Kier molecular flexibility index (Phi) is 5.16. The number of hydrogen-bond acceptors (Lipinski definition) is 3. The topological polar surface area (TPSA) is 43.6 Å². The van der Waals surface area contributed by atoms with Gasteiger partial charge in [-0.2, -0.15) is 5.10 Å². The van der Waals surface area contributed by atoms with Gasteiger partial charge in [-0.15, -0.1) is 0 Å². The summed E-state index contributed by atoms with van der Waals surface area (Å²) in [5.74, 6) is 1.14. The van der Waals surface area contributed by atoms with E-state index in [1.165, 1.54) is 0 Å². The molecule has 0 saturated carbocycles. The van der Waals surface area contributed by atoms with E-state index in [1.807, 2.05) is 10.7 Å². The second-order valence-corrected chi connectivity index (χ2v) is 6.29. The highest BCUT2D eigenvalue weighted by atomic mass is 79.9. The van der Waals surface area contributed by atoms with Crippen LogP contribution in [0.1, 0.15) is 32.9 Å². The van der Waals surface area contributed by atoms with Crippen LogP contribution in [0.2, 0.25) is 5.15 Å². The van der Waals surface area contributed by atoms with Gasteiger partial charge >= 0.3 is 0 Å². The van der Waals surface area contributed by atoms with Gasteiger partial charge < -0.3 is 0 Å². The van der Waals surface area contributed by atoms with Crippen LogP contribution < -0.4 is 0 Å². The first-order chi connectivity index (χ1) is 9.52. The molecule has 0 saturated heterocycles. The van der Waals surface area contributed by atoms with Crippen LogP contribution in [-0.4, -0.2) is 19.7 Å². The van der Waals surface area contributed by atoms with Gasteiger partial charge in [-0.25, -0.2) is 9.97 Å². The van der Waals surface area contributed by atoms with Crippen molar-refractivity contribution in [3.8, 4) is 11.5 Å². The fraction of sp³-hybridized carbons (Fsp3) is 0.500. The van der Waals surface area contributed by atoms with Gasteiger partial charge in [0.2, 0.25) is 0 Å². The van der Waals surface area contributed by atoms with Crippen LogP contribution in [0.15, 0.2) is 16.7 Å². The summed E-state index contributed by atoms with van der Waals surface area (Å²) in [5, 5.41) is 4.76. The van der Waals surface area contributed by atoms with Crippen LogP contribution in [0.25, 0.3) is 11.5 Å². The first kappa shape index (κ1) is 15.4. The molecular formula is C14H18BrClN4. The van der Waals surface area contributed by atoms with E-state index in [-0.39, 0.29) is 0 Å². The standard InChI is InChI=1S/C14H18BrClN4/c1-4-7-20-11(5-6-17-20)14-18-10(8-9(2)3)12(15)13(16)19-14/h5-6,9H,4,7-8H2,1-3H3. The van der Waals surface area contributed by atoms with Crippen LogP contribution in [0.3, 0.4) is 0 Å². The van der Waals surface area contributed by atoms with Crippen LogP contribution in [0.4, 0.5) is 0 Å². The smallest absolute Gasteiger partial charge is 0.179 e. The third kappa shape index (κ3) is 3.38. The Labute approximate surface area is 132 Å². The number of hydrogen-bond donors (Lipinski definition) is 0. The minimum Gasteiger partial charge on any atom is -0.262 e. The summed E-state index contributed by atoms with van der Waals surface area (Å²) < 4.78 is 2.71. The van der Waals surface area contributed by atoms with Crippen molar-refractivity contribution in [1.82, 2.24) is 19.7 Å². The molecule has 0 aliphatic rings. The Hall–Kier alpha value is -0.940. The van der Waals surface area contributed by atoms with Gasteiger partial charge in [0.25, 0.3) is 0 Å². The first-order valence-corrected chi connectivity index (χ1v) is 7.94. The molecule has 20 heavy (non-hydrogen) atoms. The zero-order chi connectivity index (χ0) is 14.7. The Bertz CT molecular complexity index is 595. The molecule has 0 radical (unpaired) electrons. The lowest BCUT2D eigenvalue weighted by atomic mass is 10.1. The highest BCUT2D eigenvalue weighted by Crippen LogP contribution is 2.28. The molecular weight excluding hydrogens is 340 g/mol. The van der Waals surface area contributed by atoms with Gasteiger partial charge in [0.1, 0.15) is 10.8 Å². The van der Waals surface area contributed by atoms with Crippen molar-refractivity contribution < 1.29 is 0 Å². The quantitative estimate of drug-likeness (QED) is 0.747. The molecule has 0 fully saturated rings. The van der Waals surface area contributed by atoms with Crippen molar-refractivity contribution in [3.63, 3.8) is 0 Å². The average molecular weight is 358 g/mol. The Morgan fingerprint density at radius 3 is 2.75 bits per heavy atom. The van der Waals surface area contributed by atoms with Crippen LogP contribution >= 0.6 is 27.5 Å². The fourth-order valence-electron chi connectivity index (χ4n) is 2.01. The third-order valence-electron chi connectivity index (χ3n) is 2.86. The van der Waals surface area contributed by atoms with Crippen LogP contribution in [-0.2, 0) is 13.0 Å². The molecule has 2 rings (SSSR count). The van der Waals surface area contributed by atoms with E-state index < -0.39 is 0 Å². The van der Waals surface area contributed by atoms with E-state index in [0.29, 0.717) is 16.9 Å². The molecule has 0 bridgehead atoms. The molecule has 2 heterocycles. The maximum atomic E-state index is 6.22. The number of halogens is 2. The largest absolute Gasteiger partial charge is 0.262 e. The summed E-state index contributed by atoms with van der Waals surface area (Å²) in [6.45, 7) is 7.27. The summed E-state index contributed by atoms with van der Waals surface area (Å²) in [7, 11) is 0. The molecule has 2 aromatic rings. The molecule has 0 spiro atoms. The molecule has 108 valence electrons. The normalized spacial score (nSPS) is 11.3. The van der Waals surface area contributed by atoms with Gasteiger partial charge in [0, 0.05) is 12.7 Å². The molecule has 0 N–H and O–H groups in total. The lowest BCUT2D eigenvalue weighted by molar-refractivity contribution is 0.604. The second-order valence-electron chi connectivity index (χ2n) is 5.14. The summed E-state index contributed by atoms with van der Waals surface area (Å²) in [6.07, 6.45) is 3.64. The number of rotatable bonds is 5. The fourth-order valence-corrected chi connectivity index (χ4v) is 2.54. The van der Waals surface area contributed by atoms with Gasteiger partial charge in [-0.1, -0.05) is 32.4 Å². The highest BCUT2D eigenvalue weighted by molar-refractivity contribution is 9.10. The van der Waals surface area contributed by atoms with Crippen molar-refractivity contribution in [2.24, 2.45) is 5.92 Å². The summed E-state index contributed by atoms with van der Waals surface area (Å²) in [6, 6.07) is 1.92. The maximum absolute atomic E-state index is 6.22. The molecule has 6 heteroatoms. The van der Waals surface area contributed by atoms with Crippen molar-refractivity contribution in [1.29, 1.82) is 0 Å². The number of aromatic nitrogens is 4. The number of nitrogens with zero attached hydrogens (tertiary/aromatic N) is 4. The Morgan fingerprint density at radius 2 is 2.10 bits per heavy atom. The molecule has 2 aromatic heterocycles. The van der Waals surface area contributed by atoms with E-state index in [1.54, 1.807) is 6.20 Å². The van der Waals surface area contributed by atoms with E-state index in [2.05, 4.69) is 51.8 Å². The molecule has 0 aromatic carbocycles. The van der Waals surface area contributed by atoms with Crippen LogP contribution in [0, 0.1) is 5.92 Å². The van der Waals surface area contributed by atoms with Crippen molar-refractivity contribution in [3.05, 3.63) is 27.6 Å². The zero-order valence-corrected chi connectivity index (χ0v) is 14.2. The van der Waals surface area contributed by atoms with Gasteiger partial charge in [-0.3, -0.25) is 4.68 Å². The van der Waals surface area contributed by atoms with Crippen molar-refractivity contribution in [2.75, 3.05) is 0 Å². The predicted molar refractivity (Wildman–Crippen MR) is 84.8 cm³/mol. The summed E-state index contributed by atoms with van der Waals surface area (Å²) in [5.41, 5.74) is 1.85. The lowest BCUT2D eigenvalue weighted by Crippen LogP contribution is -2.07. The molecule has 0 aliphatic heterocycles. The monoisotopic (exact) mass is 356 g/mol. The highest BCUT2D eigenvalue weighted by Gasteiger charge is 2.15. The maximum Gasteiger partial charge on any atom is 0.179 e. The SMILES string of the molecule is CCCn1nccc1-c1nc(Cl)c(Br)c(CC(C)C)n1. The third-order valence-corrected chi connectivity index (χ3v) is 4.20. The van der Waals surface area contributed by atoms with E-state index in [9.17, 15) is 0 Å². The summed E-state index contributed by atoms with van der Waals surface area (Å²) >= 11 is 9.70. The zero-order valence-electron chi connectivity index (χ0n) is 11.9. The van der Waals surface area contributed by atoms with Gasteiger partial charge in [0.15, 0.2) is 5.82 Å². The molecule has 0 aliphatic carbocycles. The van der Waals surface area contributed by atoms with Crippen molar-refractivity contribution >= 4 is 27.5 Å². The van der Waals surface area contributed by atoms with E-state index >= 15 is 0 Å². The molecule has 0 amide bonds. The van der Waals surface area contributed by atoms with Crippen LogP contribution in [0.5, 0.6) is 0 Å². The summed E-state index contributed by atoms with van der Waals surface area (Å²) in [4.78, 5) is 9.03. The number of aryl methyl sites for hydroxylation is 1. The second kappa shape index (κ2) is 6.68. The first-order valence-electron chi connectivity index (χ1n) is 6.77. The Morgan fingerprint density at radius 1 is 1.35 bits per heavy atom. The van der Waals surface area contributed by atoms with E-state index in [4.69, 9.17) is 11.6 Å². The van der Waals surface area contributed by atoms with Gasteiger partial charge in [-0.05, 0) is 40.8 Å².